The molecule has 2 heteroatoms. The lowest BCUT2D eigenvalue weighted by Crippen LogP contribution is -2.35. The maximum absolute atomic E-state index is 5.51. The molecule has 1 saturated heterocycles. The first-order valence-electron chi connectivity index (χ1n) is 3.78. The Morgan fingerprint density at radius 2 is 2.00 bits per heavy atom. The van der Waals surface area contributed by atoms with Crippen molar-refractivity contribution in [1.82, 2.24) is 4.90 Å². The van der Waals surface area contributed by atoms with Gasteiger partial charge in [-0.05, 0) is 32.9 Å². The van der Waals surface area contributed by atoms with Crippen molar-refractivity contribution in [2.24, 2.45) is 5.73 Å². The van der Waals surface area contributed by atoms with E-state index in [4.69, 9.17) is 5.73 Å². The zero-order valence-electron chi connectivity index (χ0n) is 6.14. The molecule has 9 heavy (non-hydrogen) atoms. The fourth-order valence-electron chi connectivity index (χ4n) is 1.33. The van der Waals surface area contributed by atoms with Crippen molar-refractivity contribution in [2.45, 2.75) is 25.8 Å². The summed E-state index contributed by atoms with van der Waals surface area (Å²) in [6, 6.07) is 0.604. The molecule has 1 aliphatic rings. The first-order chi connectivity index (χ1) is 4.34. The molecule has 1 fully saturated rings. The molecule has 0 amide bonds. The molecular weight excluding hydrogens is 112 g/mol. The van der Waals surface area contributed by atoms with E-state index in [-0.39, 0.29) is 0 Å². The molecule has 0 aliphatic carbocycles. The Bertz CT molecular complexity index is 77.0. The van der Waals surface area contributed by atoms with Gasteiger partial charge in [0.05, 0.1) is 0 Å². The van der Waals surface area contributed by atoms with E-state index in [1.54, 1.807) is 0 Å². The van der Waals surface area contributed by atoms with Gasteiger partial charge in [0.15, 0.2) is 0 Å². The second kappa shape index (κ2) is 3.18. The predicted octanol–water partition coefficient (Wildman–Crippen LogP) is 0.429. The van der Waals surface area contributed by atoms with Gasteiger partial charge in [-0.15, -0.1) is 0 Å². The third kappa shape index (κ3) is 1.66. The number of hydrogen-bond donors (Lipinski definition) is 1. The van der Waals surface area contributed by atoms with E-state index >= 15 is 0 Å². The maximum atomic E-state index is 5.51. The molecule has 0 spiro atoms. The molecule has 0 aromatic carbocycles. The minimum atomic E-state index is 0.604. The molecule has 0 radical (unpaired) electrons. The van der Waals surface area contributed by atoms with Crippen LogP contribution in [-0.4, -0.2) is 30.6 Å². The van der Waals surface area contributed by atoms with Gasteiger partial charge in [0.25, 0.3) is 0 Å². The van der Waals surface area contributed by atoms with Crippen LogP contribution in [0.3, 0.4) is 0 Å². The summed E-state index contributed by atoms with van der Waals surface area (Å²) in [5.41, 5.74) is 5.51. The Labute approximate surface area is 57.0 Å². The van der Waals surface area contributed by atoms with Gasteiger partial charge in [-0.1, -0.05) is 0 Å². The molecule has 1 heterocycles. The van der Waals surface area contributed by atoms with Crippen LogP contribution in [0.5, 0.6) is 0 Å². The second-order valence-corrected chi connectivity index (χ2v) is 2.83. The highest BCUT2D eigenvalue weighted by atomic mass is 15.2. The summed E-state index contributed by atoms with van der Waals surface area (Å²) < 4.78 is 0. The SMILES string of the molecule is CC(CN)N1CCCC1. The number of nitrogens with two attached hydrogens (primary N) is 1. The fraction of sp³-hybridized carbons (Fsp3) is 1.00. The summed E-state index contributed by atoms with van der Waals surface area (Å²) in [4.78, 5) is 2.46. The van der Waals surface area contributed by atoms with Crippen molar-refractivity contribution < 1.29 is 0 Å². The van der Waals surface area contributed by atoms with E-state index in [2.05, 4.69) is 11.8 Å². The van der Waals surface area contributed by atoms with Gasteiger partial charge in [-0.3, -0.25) is 4.90 Å². The first kappa shape index (κ1) is 7.03. The Hall–Kier alpha value is -0.0800. The van der Waals surface area contributed by atoms with E-state index in [9.17, 15) is 0 Å². The van der Waals surface area contributed by atoms with Gasteiger partial charge < -0.3 is 5.73 Å². The van der Waals surface area contributed by atoms with E-state index in [1.807, 2.05) is 0 Å². The van der Waals surface area contributed by atoms with Crippen molar-refractivity contribution in [1.29, 1.82) is 0 Å². The lowest BCUT2D eigenvalue weighted by atomic mass is 10.3. The quantitative estimate of drug-likeness (QED) is 0.584. The number of rotatable bonds is 2. The standard InChI is InChI=1S/C7H16N2/c1-7(6-8)9-4-2-3-5-9/h7H,2-6,8H2,1H3. The molecule has 0 aromatic heterocycles. The Morgan fingerprint density at radius 3 is 2.44 bits per heavy atom. The van der Waals surface area contributed by atoms with Crippen molar-refractivity contribution >= 4 is 0 Å². The third-order valence-electron chi connectivity index (χ3n) is 2.11. The normalized spacial score (nSPS) is 24.7. The molecular formula is C7H16N2. The van der Waals surface area contributed by atoms with Crippen LogP contribution in [0.15, 0.2) is 0 Å². The minimum Gasteiger partial charge on any atom is -0.329 e. The van der Waals surface area contributed by atoms with Crippen LogP contribution in [0.1, 0.15) is 19.8 Å². The molecule has 2 nitrogen and oxygen atoms in total. The average Bonchev–Trinajstić information content (AvgIpc) is 2.37. The summed E-state index contributed by atoms with van der Waals surface area (Å²) in [5.74, 6) is 0. The summed E-state index contributed by atoms with van der Waals surface area (Å²) in [5, 5.41) is 0. The minimum absolute atomic E-state index is 0.604. The zero-order chi connectivity index (χ0) is 6.69. The number of hydrogen-bond acceptors (Lipinski definition) is 2. The van der Waals surface area contributed by atoms with Crippen molar-refractivity contribution in [3.8, 4) is 0 Å². The molecule has 0 aromatic rings. The maximum Gasteiger partial charge on any atom is 0.0190 e. The largest absolute Gasteiger partial charge is 0.329 e. The highest BCUT2D eigenvalue weighted by molar-refractivity contribution is 4.72. The monoisotopic (exact) mass is 128 g/mol. The lowest BCUT2D eigenvalue weighted by Gasteiger charge is -2.21. The molecule has 2 N–H and O–H groups in total. The van der Waals surface area contributed by atoms with Gasteiger partial charge in [-0.2, -0.15) is 0 Å². The van der Waals surface area contributed by atoms with E-state index in [0.29, 0.717) is 6.04 Å². The molecule has 0 bridgehead atoms. The van der Waals surface area contributed by atoms with Gasteiger partial charge in [0, 0.05) is 12.6 Å². The molecule has 1 rings (SSSR count). The van der Waals surface area contributed by atoms with Gasteiger partial charge in [0.2, 0.25) is 0 Å². The molecule has 1 unspecified atom stereocenters. The highest BCUT2D eigenvalue weighted by Gasteiger charge is 2.15. The summed E-state index contributed by atoms with van der Waals surface area (Å²) in [7, 11) is 0. The van der Waals surface area contributed by atoms with Crippen LogP contribution >= 0.6 is 0 Å². The summed E-state index contributed by atoms with van der Waals surface area (Å²) in [6.07, 6.45) is 2.73. The second-order valence-electron chi connectivity index (χ2n) is 2.83. The topological polar surface area (TPSA) is 29.3 Å². The Morgan fingerprint density at radius 1 is 1.44 bits per heavy atom. The van der Waals surface area contributed by atoms with Crippen LogP contribution in [0.4, 0.5) is 0 Å². The summed E-state index contributed by atoms with van der Waals surface area (Å²) >= 11 is 0. The van der Waals surface area contributed by atoms with Gasteiger partial charge in [-0.25, -0.2) is 0 Å². The van der Waals surface area contributed by atoms with E-state index in [0.717, 1.165) is 6.54 Å². The fourth-order valence-corrected chi connectivity index (χ4v) is 1.33. The molecule has 1 aliphatic heterocycles. The van der Waals surface area contributed by atoms with Crippen LogP contribution in [-0.2, 0) is 0 Å². The molecule has 1 atom stereocenters. The van der Waals surface area contributed by atoms with Crippen LogP contribution in [0, 0.1) is 0 Å². The smallest absolute Gasteiger partial charge is 0.0190 e. The Balaban J connectivity index is 2.24. The third-order valence-corrected chi connectivity index (χ3v) is 2.11. The van der Waals surface area contributed by atoms with Gasteiger partial charge in [0.1, 0.15) is 0 Å². The highest BCUT2D eigenvalue weighted by Crippen LogP contribution is 2.09. The van der Waals surface area contributed by atoms with E-state index in [1.165, 1.54) is 25.9 Å². The lowest BCUT2D eigenvalue weighted by molar-refractivity contribution is 0.264. The van der Waals surface area contributed by atoms with E-state index < -0.39 is 0 Å². The number of nitrogens with zero attached hydrogens (tertiary/aromatic N) is 1. The van der Waals surface area contributed by atoms with Crippen molar-refractivity contribution in [3.05, 3.63) is 0 Å². The predicted molar refractivity (Wildman–Crippen MR) is 39.3 cm³/mol. The van der Waals surface area contributed by atoms with Gasteiger partial charge >= 0.3 is 0 Å². The average molecular weight is 128 g/mol. The van der Waals surface area contributed by atoms with Crippen LogP contribution in [0.2, 0.25) is 0 Å². The van der Waals surface area contributed by atoms with Crippen molar-refractivity contribution in [3.63, 3.8) is 0 Å². The first-order valence-corrected chi connectivity index (χ1v) is 3.78. The Kier molecular flexibility index (Phi) is 2.49. The zero-order valence-corrected chi connectivity index (χ0v) is 6.14. The summed E-state index contributed by atoms with van der Waals surface area (Å²) in [6.45, 7) is 5.53. The molecule has 0 saturated carbocycles. The molecule has 54 valence electrons. The van der Waals surface area contributed by atoms with Crippen LogP contribution in [0.25, 0.3) is 0 Å². The van der Waals surface area contributed by atoms with Crippen LogP contribution < -0.4 is 5.73 Å². The van der Waals surface area contributed by atoms with Crippen molar-refractivity contribution in [2.75, 3.05) is 19.6 Å². The number of likely N-dealkylation sites (tertiary alicyclic amines) is 1.